The number of aromatic amines is 1. The molecule has 1 aliphatic heterocycles. The van der Waals surface area contributed by atoms with E-state index >= 15 is 0 Å². The second kappa shape index (κ2) is 11.8. The highest BCUT2D eigenvalue weighted by atomic mass is 35.5. The number of amides is 3. The molecular formula is C31H32ClF3N4O4S. The van der Waals surface area contributed by atoms with Crippen molar-refractivity contribution in [2.24, 2.45) is 11.3 Å². The van der Waals surface area contributed by atoms with Gasteiger partial charge >= 0.3 is 12.3 Å². The average Bonchev–Trinajstić information content (AvgIpc) is 3.50. The minimum absolute atomic E-state index is 0.0578. The van der Waals surface area contributed by atoms with E-state index in [1.165, 1.54) is 12.1 Å². The molecule has 2 fully saturated rings. The van der Waals surface area contributed by atoms with Crippen molar-refractivity contribution >= 4 is 57.1 Å². The fourth-order valence-electron chi connectivity index (χ4n) is 6.33. The fourth-order valence-corrected chi connectivity index (χ4v) is 7.46. The molecule has 2 aromatic carbocycles. The molecule has 0 unspecified atom stereocenters. The molecule has 0 spiro atoms. The molecule has 0 bridgehead atoms. The Kier molecular flexibility index (Phi) is 8.54. The van der Waals surface area contributed by atoms with Crippen molar-refractivity contribution in [1.82, 2.24) is 20.4 Å². The largest absolute Gasteiger partial charge is 0.465 e. The van der Waals surface area contributed by atoms with E-state index < -0.39 is 39.9 Å². The van der Waals surface area contributed by atoms with Gasteiger partial charge in [-0.3, -0.25) is 19.6 Å². The minimum atomic E-state index is -4.69. The quantitative estimate of drug-likeness (QED) is 0.233. The zero-order valence-corrected chi connectivity index (χ0v) is 25.9. The smallest absolute Gasteiger partial charge is 0.416 e. The summed E-state index contributed by atoms with van der Waals surface area (Å²) < 4.78 is 42.1. The van der Waals surface area contributed by atoms with Gasteiger partial charge in [0, 0.05) is 22.5 Å². The van der Waals surface area contributed by atoms with Crippen LogP contribution in [0.3, 0.4) is 0 Å². The number of fused-ring (bicyclic) bond motifs is 1. The van der Waals surface area contributed by atoms with Crippen LogP contribution in [0, 0.1) is 11.3 Å². The summed E-state index contributed by atoms with van der Waals surface area (Å²) in [6.45, 7) is 5.96. The van der Waals surface area contributed by atoms with Crippen LogP contribution >= 0.6 is 23.4 Å². The van der Waals surface area contributed by atoms with Crippen molar-refractivity contribution in [2.45, 2.75) is 64.6 Å². The SMILES string of the molecule is CC(C)(C)[C@@]1(NC(=O)O)CCC[C@@H](CN2C(=O)SC(=C(Cc3ccc(Cl)cc3C(F)(F)F)c3ccc4[nH]ncc4c3)C2=O)C1. The number of allylic oxidation sites excluding steroid dienone is 1. The van der Waals surface area contributed by atoms with Crippen LogP contribution in [0.4, 0.5) is 22.8 Å². The topological polar surface area (TPSA) is 115 Å². The molecule has 0 radical (unpaired) electrons. The lowest BCUT2D eigenvalue weighted by atomic mass is 9.63. The first-order valence-electron chi connectivity index (χ1n) is 14.1. The molecule has 1 aliphatic carbocycles. The lowest BCUT2D eigenvalue weighted by Gasteiger charge is -2.50. The van der Waals surface area contributed by atoms with Crippen LogP contribution in [0.1, 0.15) is 63.1 Å². The number of halogens is 4. The number of alkyl halides is 3. The molecule has 2 aliphatic rings. The Labute approximate surface area is 261 Å². The number of H-pyrrole nitrogens is 1. The first kappa shape index (κ1) is 31.9. The maximum absolute atomic E-state index is 14.0. The van der Waals surface area contributed by atoms with Gasteiger partial charge in [-0.1, -0.05) is 50.9 Å². The Bertz CT molecular complexity index is 1670. The molecule has 3 amide bonds. The highest BCUT2D eigenvalue weighted by molar-refractivity contribution is 8.18. The molecule has 5 rings (SSSR count). The number of carbonyl (C=O) groups is 3. The molecule has 8 nitrogen and oxygen atoms in total. The van der Waals surface area contributed by atoms with E-state index in [0.29, 0.717) is 53.9 Å². The lowest BCUT2D eigenvalue weighted by molar-refractivity contribution is -0.138. The summed E-state index contributed by atoms with van der Waals surface area (Å²) in [4.78, 5) is 40.2. The Balaban J connectivity index is 1.53. The van der Waals surface area contributed by atoms with Crippen molar-refractivity contribution in [3.63, 3.8) is 0 Å². The van der Waals surface area contributed by atoms with Gasteiger partial charge in [0.15, 0.2) is 0 Å². The van der Waals surface area contributed by atoms with Gasteiger partial charge in [-0.05, 0) is 89.7 Å². The predicted molar refractivity (Wildman–Crippen MR) is 163 cm³/mol. The zero-order valence-electron chi connectivity index (χ0n) is 24.3. The predicted octanol–water partition coefficient (Wildman–Crippen LogP) is 8.13. The Hall–Kier alpha value is -3.51. The summed E-state index contributed by atoms with van der Waals surface area (Å²) in [5, 5.41) is 19.3. The van der Waals surface area contributed by atoms with Gasteiger partial charge in [0.25, 0.3) is 11.1 Å². The number of carboxylic acid groups (broad SMARTS) is 1. The number of rotatable bonds is 6. The molecule has 3 aromatic rings. The van der Waals surface area contributed by atoms with Gasteiger partial charge in [0.2, 0.25) is 0 Å². The van der Waals surface area contributed by atoms with Gasteiger partial charge in [0.1, 0.15) is 0 Å². The van der Waals surface area contributed by atoms with Crippen LogP contribution in [0.2, 0.25) is 5.02 Å². The third-order valence-corrected chi connectivity index (χ3v) is 9.99. The van der Waals surface area contributed by atoms with E-state index in [0.717, 1.165) is 11.0 Å². The number of hydrogen-bond donors (Lipinski definition) is 3. The van der Waals surface area contributed by atoms with Crippen molar-refractivity contribution in [1.29, 1.82) is 0 Å². The molecule has 13 heteroatoms. The highest BCUT2D eigenvalue weighted by Crippen LogP contribution is 2.46. The monoisotopic (exact) mass is 648 g/mol. The third kappa shape index (κ3) is 6.32. The van der Waals surface area contributed by atoms with Crippen LogP contribution < -0.4 is 5.32 Å². The molecule has 2 atom stereocenters. The average molecular weight is 649 g/mol. The van der Waals surface area contributed by atoms with Gasteiger partial charge < -0.3 is 10.4 Å². The van der Waals surface area contributed by atoms with Gasteiger partial charge in [-0.25, -0.2) is 4.79 Å². The molecule has 234 valence electrons. The lowest BCUT2D eigenvalue weighted by Crippen LogP contribution is -2.59. The fraction of sp³-hybridized carbons (Fsp3) is 0.419. The van der Waals surface area contributed by atoms with Crippen LogP contribution in [0.15, 0.2) is 47.5 Å². The summed E-state index contributed by atoms with van der Waals surface area (Å²) in [7, 11) is 0. The summed E-state index contributed by atoms with van der Waals surface area (Å²) in [6, 6.07) is 8.64. The van der Waals surface area contributed by atoms with E-state index in [-0.39, 0.29) is 39.9 Å². The third-order valence-electron chi connectivity index (χ3n) is 8.73. The standard InChI is InChI=1S/C31H32ClF3N4O4S/c1-29(2,3)30(37-27(41)42)10-4-5-17(14-30)16-39-26(40)25(44-28(39)43)22(18-7-9-24-20(11-18)15-36-38-24)12-19-6-8-21(32)13-23(19)31(33,34)35/h6-9,11,13,15,17,37H,4-5,10,12,14,16H2,1-3H3,(H,36,38)(H,41,42)/t17-,30-/m1/s1. The first-order valence-corrected chi connectivity index (χ1v) is 15.3. The van der Waals surface area contributed by atoms with Gasteiger partial charge in [-0.15, -0.1) is 0 Å². The molecular weight excluding hydrogens is 617 g/mol. The Morgan fingerprint density at radius 1 is 1.20 bits per heavy atom. The number of carbonyl (C=O) groups excluding carboxylic acids is 2. The van der Waals surface area contributed by atoms with E-state index in [4.69, 9.17) is 11.6 Å². The van der Waals surface area contributed by atoms with Crippen LogP contribution in [0.25, 0.3) is 16.5 Å². The second-order valence-electron chi connectivity index (χ2n) is 12.5. The van der Waals surface area contributed by atoms with Crippen LogP contribution in [-0.4, -0.2) is 49.5 Å². The van der Waals surface area contributed by atoms with Crippen molar-refractivity contribution < 1.29 is 32.7 Å². The first-order chi connectivity index (χ1) is 20.6. The van der Waals surface area contributed by atoms with Crippen molar-refractivity contribution in [2.75, 3.05) is 6.54 Å². The van der Waals surface area contributed by atoms with E-state index in [1.807, 2.05) is 20.8 Å². The second-order valence-corrected chi connectivity index (χ2v) is 13.9. The van der Waals surface area contributed by atoms with E-state index in [9.17, 15) is 32.7 Å². The number of thioether (sulfide) groups is 1. The summed E-state index contributed by atoms with van der Waals surface area (Å²) in [5.41, 5.74) is -0.687. The van der Waals surface area contributed by atoms with Crippen LogP contribution in [-0.2, 0) is 17.4 Å². The maximum atomic E-state index is 14.0. The number of nitrogens with zero attached hydrogens (tertiary/aromatic N) is 2. The number of aromatic nitrogens is 2. The Morgan fingerprint density at radius 2 is 1.95 bits per heavy atom. The van der Waals surface area contributed by atoms with Gasteiger partial charge in [-0.2, -0.15) is 18.3 Å². The molecule has 1 aromatic heterocycles. The molecule has 1 saturated heterocycles. The molecule has 44 heavy (non-hydrogen) atoms. The zero-order chi connectivity index (χ0) is 32.0. The van der Waals surface area contributed by atoms with Crippen molar-refractivity contribution in [3.05, 3.63) is 69.2 Å². The maximum Gasteiger partial charge on any atom is 0.416 e. The number of benzene rings is 2. The molecule has 2 heterocycles. The van der Waals surface area contributed by atoms with Crippen molar-refractivity contribution in [3.8, 4) is 0 Å². The molecule has 1 saturated carbocycles. The summed E-state index contributed by atoms with van der Waals surface area (Å²) >= 11 is 6.63. The summed E-state index contributed by atoms with van der Waals surface area (Å²) in [5.74, 6) is -0.746. The number of hydrogen-bond acceptors (Lipinski definition) is 5. The van der Waals surface area contributed by atoms with Crippen LogP contribution in [0.5, 0.6) is 0 Å². The normalized spacial score (nSPS) is 22.5. The van der Waals surface area contributed by atoms with E-state index in [1.54, 1.807) is 24.4 Å². The summed E-state index contributed by atoms with van der Waals surface area (Å²) in [6.07, 6.45) is -2.05. The number of nitrogens with one attached hydrogen (secondary N) is 2. The van der Waals surface area contributed by atoms with Gasteiger partial charge in [0.05, 0.1) is 22.2 Å². The number of imide groups is 1. The Morgan fingerprint density at radius 3 is 2.64 bits per heavy atom. The van der Waals surface area contributed by atoms with E-state index in [2.05, 4.69) is 15.5 Å². The molecule has 3 N–H and O–H groups in total. The minimum Gasteiger partial charge on any atom is -0.465 e. The highest BCUT2D eigenvalue weighted by Gasteiger charge is 2.48.